The van der Waals surface area contributed by atoms with E-state index in [0.29, 0.717) is 5.95 Å². The van der Waals surface area contributed by atoms with Gasteiger partial charge in [-0.1, -0.05) is 0 Å². The summed E-state index contributed by atoms with van der Waals surface area (Å²) in [5.74, 6) is 1.31. The van der Waals surface area contributed by atoms with Crippen LogP contribution in [0.4, 0.5) is 11.8 Å². The first-order valence-electron chi connectivity index (χ1n) is 5.72. The van der Waals surface area contributed by atoms with Gasteiger partial charge < -0.3 is 21.4 Å². The fourth-order valence-corrected chi connectivity index (χ4v) is 1.95. The average molecular weight is 237 g/mol. The van der Waals surface area contributed by atoms with Crippen LogP contribution in [0, 0.1) is 0 Å². The van der Waals surface area contributed by atoms with Crippen LogP contribution in [0.5, 0.6) is 0 Å². The maximum absolute atomic E-state index is 5.90. The highest BCUT2D eigenvalue weighted by molar-refractivity contribution is 5.42. The molecule has 0 unspecified atom stereocenters. The number of hydrogen-bond acceptors (Lipinski definition) is 6. The predicted octanol–water partition coefficient (Wildman–Crippen LogP) is -1.42. The Morgan fingerprint density at radius 3 is 2.76 bits per heavy atom. The summed E-state index contributed by atoms with van der Waals surface area (Å²) in [6.45, 7) is 3.83. The maximum Gasteiger partial charge on any atom is 0.223 e. The highest BCUT2D eigenvalue weighted by atomic mass is 15.5. The fraction of sp³-hybridized carbons (Fsp3) is 0.600. The summed E-state index contributed by atoms with van der Waals surface area (Å²) in [5, 5.41) is 3.31. The Kier molecular flexibility index (Phi) is 3.48. The number of nitrogens with zero attached hydrogens (tertiary/aromatic N) is 4. The quantitative estimate of drug-likeness (QED) is 0.588. The van der Waals surface area contributed by atoms with Crippen LogP contribution < -0.4 is 26.9 Å². The first-order chi connectivity index (χ1) is 8.26. The van der Waals surface area contributed by atoms with Crippen LogP contribution in [0.15, 0.2) is 11.1 Å². The van der Waals surface area contributed by atoms with Crippen LogP contribution in [0.2, 0.25) is 0 Å². The van der Waals surface area contributed by atoms with Crippen LogP contribution in [-0.2, 0) is 0 Å². The van der Waals surface area contributed by atoms with Crippen molar-refractivity contribution in [3.63, 3.8) is 0 Å². The minimum absolute atomic E-state index is 0.420. The van der Waals surface area contributed by atoms with Gasteiger partial charge in [0.15, 0.2) is 5.49 Å². The van der Waals surface area contributed by atoms with E-state index in [9.17, 15) is 0 Å². The molecule has 0 radical (unpaired) electrons. The summed E-state index contributed by atoms with van der Waals surface area (Å²) >= 11 is 0. The molecule has 7 heteroatoms. The van der Waals surface area contributed by atoms with Gasteiger partial charge in [0.2, 0.25) is 5.95 Å². The van der Waals surface area contributed by atoms with Crippen molar-refractivity contribution in [1.29, 1.82) is 0 Å². The van der Waals surface area contributed by atoms with E-state index < -0.39 is 0 Å². The zero-order chi connectivity index (χ0) is 12.3. The summed E-state index contributed by atoms with van der Waals surface area (Å²) in [6, 6.07) is 1.94. The van der Waals surface area contributed by atoms with E-state index in [1.165, 1.54) is 0 Å². The van der Waals surface area contributed by atoms with Crippen molar-refractivity contribution in [1.82, 2.24) is 15.0 Å². The lowest BCUT2D eigenvalue weighted by Crippen LogP contribution is -2.45. The summed E-state index contributed by atoms with van der Waals surface area (Å²) in [4.78, 5) is 10.8. The SMILES string of the molecule is CN=c1cc(N2CCNCC2)nc(N)n1NC. The first-order valence-corrected chi connectivity index (χ1v) is 5.72. The highest BCUT2D eigenvalue weighted by Crippen LogP contribution is 2.10. The molecular formula is C10H19N7. The lowest BCUT2D eigenvalue weighted by molar-refractivity contribution is 0.583. The third-order valence-electron chi connectivity index (χ3n) is 2.84. The zero-order valence-corrected chi connectivity index (χ0v) is 10.3. The largest absolute Gasteiger partial charge is 0.368 e. The van der Waals surface area contributed by atoms with Crippen LogP contribution in [0.3, 0.4) is 0 Å². The van der Waals surface area contributed by atoms with E-state index in [2.05, 4.69) is 25.6 Å². The van der Waals surface area contributed by atoms with Gasteiger partial charge in [0, 0.05) is 46.3 Å². The third-order valence-corrected chi connectivity index (χ3v) is 2.84. The Morgan fingerprint density at radius 2 is 2.18 bits per heavy atom. The molecule has 1 fully saturated rings. The van der Waals surface area contributed by atoms with Crippen molar-refractivity contribution in [2.75, 3.05) is 56.3 Å². The molecule has 2 heterocycles. The second-order valence-corrected chi connectivity index (χ2v) is 3.85. The number of piperazine rings is 1. The van der Waals surface area contributed by atoms with Gasteiger partial charge >= 0.3 is 0 Å². The van der Waals surface area contributed by atoms with Crippen molar-refractivity contribution >= 4 is 11.8 Å². The van der Waals surface area contributed by atoms with E-state index in [4.69, 9.17) is 5.73 Å². The van der Waals surface area contributed by atoms with E-state index in [1.807, 2.05) is 6.07 Å². The smallest absolute Gasteiger partial charge is 0.223 e. The normalized spacial score (nSPS) is 17.3. The molecule has 1 aromatic rings. The number of aromatic nitrogens is 2. The number of anilines is 2. The molecule has 17 heavy (non-hydrogen) atoms. The highest BCUT2D eigenvalue weighted by Gasteiger charge is 2.13. The first kappa shape index (κ1) is 11.7. The van der Waals surface area contributed by atoms with Crippen LogP contribution >= 0.6 is 0 Å². The summed E-state index contributed by atoms with van der Waals surface area (Å²) in [7, 11) is 3.53. The average Bonchev–Trinajstić information content (AvgIpc) is 2.38. The molecule has 1 aliphatic heterocycles. The number of nitrogens with two attached hydrogens (primary N) is 1. The number of nitrogen functional groups attached to an aromatic ring is 1. The molecule has 0 aromatic carbocycles. The second-order valence-electron chi connectivity index (χ2n) is 3.85. The Balaban J connectivity index is 2.39. The van der Waals surface area contributed by atoms with Gasteiger partial charge in [-0.2, -0.15) is 4.98 Å². The standard InChI is InChI=1S/C10H19N7/c1-12-8-7-9(15-10(11)17(8)13-2)16-5-3-14-4-6-16/h7,13-14H,3-6H2,1-2H3,(H2,11,15). The molecule has 1 saturated heterocycles. The van der Waals surface area contributed by atoms with E-state index in [0.717, 1.165) is 37.5 Å². The second kappa shape index (κ2) is 5.05. The fourth-order valence-electron chi connectivity index (χ4n) is 1.95. The van der Waals surface area contributed by atoms with Crippen molar-refractivity contribution < 1.29 is 0 Å². The van der Waals surface area contributed by atoms with Gasteiger partial charge in [0.1, 0.15) is 5.82 Å². The third kappa shape index (κ3) is 2.33. The summed E-state index contributed by atoms with van der Waals surface area (Å²) in [6.07, 6.45) is 0. The van der Waals surface area contributed by atoms with Gasteiger partial charge in [0.05, 0.1) is 0 Å². The van der Waals surface area contributed by atoms with E-state index in [-0.39, 0.29) is 0 Å². The molecule has 2 rings (SSSR count). The molecule has 1 aromatic heterocycles. The molecule has 0 saturated carbocycles. The number of rotatable bonds is 2. The van der Waals surface area contributed by atoms with Crippen LogP contribution in [0.1, 0.15) is 0 Å². The molecule has 0 amide bonds. The molecule has 0 spiro atoms. The predicted molar refractivity (Wildman–Crippen MR) is 68.5 cm³/mol. The van der Waals surface area contributed by atoms with Crippen molar-refractivity contribution in [2.45, 2.75) is 0 Å². The van der Waals surface area contributed by atoms with Crippen molar-refractivity contribution in [3.05, 3.63) is 11.6 Å². The summed E-state index contributed by atoms with van der Waals surface area (Å²) < 4.78 is 1.66. The Hall–Kier alpha value is -1.76. The Morgan fingerprint density at radius 1 is 1.47 bits per heavy atom. The van der Waals surface area contributed by atoms with Gasteiger partial charge in [0.25, 0.3) is 0 Å². The number of hydrogen-bond donors (Lipinski definition) is 3. The molecule has 0 aliphatic carbocycles. The van der Waals surface area contributed by atoms with Gasteiger partial charge in [-0.25, -0.2) is 4.68 Å². The molecule has 7 nitrogen and oxygen atoms in total. The van der Waals surface area contributed by atoms with E-state index >= 15 is 0 Å². The van der Waals surface area contributed by atoms with E-state index in [1.54, 1.807) is 18.8 Å². The Labute approximate surface area is 100 Å². The minimum Gasteiger partial charge on any atom is -0.368 e. The molecule has 0 bridgehead atoms. The zero-order valence-electron chi connectivity index (χ0n) is 10.3. The topological polar surface area (TPSA) is 83.5 Å². The monoisotopic (exact) mass is 237 g/mol. The van der Waals surface area contributed by atoms with Gasteiger partial charge in [-0.15, -0.1) is 0 Å². The lowest BCUT2D eigenvalue weighted by atomic mass is 10.3. The lowest BCUT2D eigenvalue weighted by Gasteiger charge is -2.28. The molecule has 0 atom stereocenters. The van der Waals surface area contributed by atoms with Crippen LogP contribution in [0.25, 0.3) is 0 Å². The van der Waals surface area contributed by atoms with Crippen molar-refractivity contribution in [3.8, 4) is 0 Å². The Bertz CT molecular complexity index is 444. The van der Waals surface area contributed by atoms with Gasteiger partial charge in [-0.3, -0.25) is 4.99 Å². The van der Waals surface area contributed by atoms with Gasteiger partial charge in [-0.05, 0) is 0 Å². The minimum atomic E-state index is 0.420. The van der Waals surface area contributed by atoms with Crippen molar-refractivity contribution in [2.24, 2.45) is 4.99 Å². The molecular weight excluding hydrogens is 218 g/mol. The number of nitrogens with one attached hydrogen (secondary N) is 2. The summed E-state index contributed by atoms with van der Waals surface area (Å²) in [5.41, 5.74) is 9.62. The van der Waals surface area contributed by atoms with Crippen LogP contribution in [-0.4, -0.2) is 49.9 Å². The molecule has 1 aliphatic rings. The molecule has 94 valence electrons. The molecule has 4 N–H and O–H groups in total. The maximum atomic E-state index is 5.90.